The predicted octanol–water partition coefficient (Wildman–Crippen LogP) is 2.18. The fourth-order valence-electron chi connectivity index (χ4n) is 2.36. The van der Waals surface area contributed by atoms with Crippen LogP contribution in [0.5, 0.6) is 5.75 Å². The Balaban J connectivity index is 2.11. The first-order chi connectivity index (χ1) is 8.74. The summed E-state index contributed by atoms with van der Waals surface area (Å²) in [6.45, 7) is 1.39. The highest BCUT2D eigenvalue weighted by molar-refractivity contribution is 5.33. The van der Waals surface area contributed by atoms with Crippen molar-refractivity contribution in [1.82, 2.24) is 4.90 Å². The summed E-state index contributed by atoms with van der Waals surface area (Å²) in [4.78, 5) is 2.21. The van der Waals surface area contributed by atoms with Gasteiger partial charge in [0.1, 0.15) is 11.6 Å². The van der Waals surface area contributed by atoms with Gasteiger partial charge in [-0.25, -0.2) is 4.39 Å². The number of benzene rings is 1. The van der Waals surface area contributed by atoms with E-state index in [1.807, 2.05) is 0 Å². The van der Waals surface area contributed by atoms with Gasteiger partial charge in [0.2, 0.25) is 0 Å². The lowest BCUT2D eigenvalue weighted by molar-refractivity contribution is 0.0936. The molecule has 0 heterocycles. The monoisotopic (exact) mass is 253 g/mol. The fraction of sp³-hybridized carbons (Fsp3) is 0.571. The first kappa shape index (κ1) is 13.3. The van der Waals surface area contributed by atoms with E-state index >= 15 is 0 Å². The summed E-state index contributed by atoms with van der Waals surface area (Å²) >= 11 is 0. The zero-order valence-corrected chi connectivity index (χ0v) is 10.7. The second-order valence-corrected chi connectivity index (χ2v) is 4.73. The molecule has 0 amide bonds. The molecule has 100 valence electrons. The second kappa shape index (κ2) is 6.16. The molecule has 1 aromatic carbocycles. The Labute approximate surface area is 107 Å². The third kappa shape index (κ3) is 3.00. The van der Waals surface area contributed by atoms with Crippen LogP contribution in [0.3, 0.4) is 0 Å². The van der Waals surface area contributed by atoms with Gasteiger partial charge in [-0.05, 0) is 31.0 Å². The molecule has 0 atom stereocenters. The minimum Gasteiger partial charge on any atom is -0.496 e. The summed E-state index contributed by atoms with van der Waals surface area (Å²) in [6.07, 6.45) is 3.57. The molecule has 0 aromatic heterocycles. The Hall–Kier alpha value is -1.13. The normalized spacial score (nSPS) is 15.8. The minimum atomic E-state index is -0.247. The molecule has 4 heteroatoms. The average molecular weight is 253 g/mol. The van der Waals surface area contributed by atoms with Crippen LogP contribution < -0.4 is 4.74 Å². The molecule has 1 saturated carbocycles. The maximum absolute atomic E-state index is 13.3. The lowest BCUT2D eigenvalue weighted by Gasteiger charge is -2.37. The lowest BCUT2D eigenvalue weighted by atomic mass is 9.91. The van der Waals surface area contributed by atoms with Crippen molar-refractivity contribution in [3.63, 3.8) is 0 Å². The van der Waals surface area contributed by atoms with Crippen LogP contribution in [0.4, 0.5) is 4.39 Å². The highest BCUT2D eigenvalue weighted by Gasteiger charge is 2.25. The number of halogens is 1. The van der Waals surface area contributed by atoms with Gasteiger partial charge in [0.25, 0.3) is 0 Å². The number of aliphatic hydroxyl groups excluding tert-OH is 1. The number of nitrogens with zero attached hydrogens (tertiary/aromatic N) is 1. The molecular formula is C14H20FNO2. The molecule has 1 aliphatic rings. The van der Waals surface area contributed by atoms with E-state index < -0.39 is 0 Å². The van der Waals surface area contributed by atoms with E-state index in [1.54, 1.807) is 13.2 Å². The summed E-state index contributed by atoms with van der Waals surface area (Å²) < 4.78 is 18.5. The fourth-order valence-corrected chi connectivity index (χ4v) is 2.36. The molecule has 0 bridgehead atoms. The Morgan fingerprint density at radius 1 is 1.44 bits per heavy atom. The largest absolute Gasteiger partial charge is 0.496 e. The van der Waals surface area contributed by atoms with Crippen molar-refractivity contribution in [2.75, 3.05) is 20.3 Å². The molecule has 1 fully saturated rings. The Morgan fingerprint density at radius 3 is 2.78 bits per heavy atom. The molecule has 0 spiro atoms. The number of hydrogen-bond acceptors (Lipinski definition) is 3. The zero-order chi connectivity index (χ0) is 13.0. The molecule has 0 unspecified atom stereocenters. The van der Waals surface area contributed by atoms with E-state index in [0.29, 0.717) is 24.9 Å². The van der Waals surface area contributed by atoms with Crippen LogP contribution in [0.15, 0.2) is 18.2 Å². The molecular weight excluding hydrogens is 233 g/mol. The van der Waals surface area contributed by atoms with Gasteiger partial charge in [0.15, 0.2) is 0 Å². The van der Waals surface area contributed by atoms with Crippen molar-refractivity contribution >= 4 is 0 Å². The second-order valence-electron chi connectivity index (χ2n) is 4.73. The van der Waals surface area contributed by atoms with Gasteiger partial charge in [-0.3, -0.25) is 4.90 Å². The molecule has 2 rings (SSSR count). The molecule has 0 radical (unpaired) electrons. The van der Waals surface area contributed by atoms with Gasteiger partial charge in [-0.15, -0.1) is 0 Å². The molecule has 0 saturated heterocycles. The predicted molar refractivity (Wildman–Crippen MR) is 68.1 cm³/mol. The van der Waals surface area contributed by atoms with Crippen LogP contribution in [-0.2, 0) is 6.54 Å². The quantitative estimate of drug-likeness (QED) is 0.843. The summed E-state index contributed by atoms with van der Waals surface area (Å²) in [6, 6.07) is 5.09. The average Bonchev–Trinajstić information content (AvgIpc) is 2.27. The van der Waals surface area contributed by atoms with Crippen molar-refractivity contribution in [2.45, 2.75) is 31.8 Å². The van der Waals surface area contributed by atoms with E-state index in [9.17, 15) is 4.39 Å². The van der Waals surface area contributed by atoms with Crippen LogP contribution in [-0.4, -0.2) is 36.3 Å². The smallest absolute Gasteiger partial charge is 0.123 e. The summed E-state index contributed by atoms with van der Waals surface area (Å²) in [5.41, 5.74) is 0.845. The van der Waals surface area contributed by atoms with E-state index in [-0.39, 0.29) is 12.4 Å². The lowest BCUT2D eigenvalue weighted by Crippen LogP contribution is -2.41. The van der Waals surface area contributed by atoms with Gasteiger partial charge in [-0.1, -0.05) is 6.42 Å². The number of aliphatic hydroxyl groups is 1. The highest BCUT2D eigenvalue weighted by Crippen LogP contribution is 2.28. The topological polar surface area (TPSA) is 32.7 Å². The van der Waals surface area contributed by atoms with Crippen LogP contribution in [0.1, 0.15) is 24.8 Å². The standard InChI is InChI=1S/C14H20FNO2/c1-18-14-6-5-12(15)9-11(14)10-16(7-8-17)13-3-2-4-13/h5-6,9,13,17H,2-4,7-8,10H2,1H3. The van der Waals surface area contributed by atoms with Crippen molar-refractivity contribution in [3.05, 3.63) is 29.6 Å². The minimum absolute atomic E-state index is 0.133. The van der Waals surface area contributed by atoms with Gasteiger partial charge in [0, 0.05) is 24.7 Å². The van der Waals surface area contributed by atoms with Crippen molar-refractivity contribution in [3.8, 4) is 5.75 Å². The van der Waals surface area contributed by atoms with Crippen LogP contribution in [0.2, 0.25) is 0 Å². The SMILES string of the molecule is COc1ccc(F)cc1CN(CCO)C1CCC1. The summed E-state index contributed by atoms with van der Waals surface area (Å²) in [7, 11) is 1.59. The van der Waals surface area contributed by atoms with Crippen molar-refractivity contribution in [2.24, 2.45) is 0 Å². The van der Waals surface area contributed by atoms with Crippen molar-refractivity contribution < 1.29 is 14.2 Å². The number of methoxy groups -OCH3 is 1. The van der Waals surface area contributed by atoms with Crippen LogP contribution >= 0.6 is 0 Å². The summed E-state index contributed by atoms with van der Waals surface area (Å²) in [5.74, 6) is 0.460. The number of ether oxygens (including phenoxy) is 1. The maximum Gasteiger partial charge on any atom is 0.123 e. The molecule has 0 aliphatic heterocycles. The van der Waals surface area contributed by atoms with E-state index in [4.69, 9.17) is 9.84 Å². The van der Waals surface area contributed by atoms with E-state index in [0.717, 1.165) is 18.4 Å². The molecule has 3 nitrogen and oxygen atoms in total. The molecule has 18 heavy (non-hydrogen) atoms. The van der Waals surface area contributed by atoms with E-state index in [1.165, 1.54) is 18.6 Å². The van der Waals surface area contributed by atoms with Crippen molar-refractivity contribution in [1.29, 1.82) is 0 Å². The third-order valence-electron chi connectivity index (χ3n) is 3.59. The molecule has 1 N–H and O–H groups in total. The number of rotatable bonds is 6. The van der Waals surface area contributed by atoms with Gasteiger partial charge < -0.3 is 9.84 Å². The first-order valence-corrected chi connectivity index (χ1v) is 6.42. The Morgan fingerprint density at radius 2 is 2.22 bits per heavy atom. The molecule has 1 aliphatic carbocycles. The molecule has 1 aromatic rings. The Bertz CT molecular complexity index is 393. The van der Waals surface area contributed by atoms with E-state index in [2.05, 4.69) is 4.90 Å². The van der Waals surface area contributed by atoms with Crippen LogP contribution in [0.25, 0.3) is 0 Å². The maximum atomic E-state index is 13.3. The highest BCUT2D eigenvalue weighted by atomic mass is 19.1. The number of hydrogen-bond donors (Lipinski definition) is 1. The van der Waals surface area contributed by atoms with Gasteiger partial charge >= 0.3 is 0 Å². The van der Waals surface area contributed by atoms with Gasteiger partial charge in [0.05, 0.1) is 13.7 Å². The van der Waals surface area contributed by atoms with Crippen LogP contribution in [0, 0.1) is 5.82 Å². The zero-order valence-electron chi connectivity index (χ0n) is 10.7. The third-order valence-corrected chi connectivity index (χ3v) is 3.59. The Kier molecular flexibility index (Phi) is 4.55. The van der Waals surface area contributed by atoms with Gasteiger partial charge in [-0.2, -0.15) is 0 Å². The first-order valence-electron chi connectivity index (χ1n) is 6.42. The summed E-state index contributed by atoms with van der Waals surface area (Å²) in [5, 5.41) is 9.12.